The third-order valence-corrected chi connectivity index (χ3v) is 3.75. The fourth-order valence-electron chi connectivity index (χ4n) is 2.16. The maximum Gasteiger partial charge on any atom is 0.0643 e. The van der Waals surface area contributed by atoms with Crippen molar-refractivity contribution in [3.8, 4) is 0 Å². The van der Waals surface area contributed by atoms with Crippen molar-refractivity contribution in [3.63, 3.8) is 0 Å². The van der Waals surface area contributed by atoms with E-state index >= 15 is 0 Å². The number of hydrogen-bond acceptors (Lipinski definition) is 2. The van der Waals surface area contributed by atoms with Crippen LogP contribution in [0.1, 0.15) is 42.8 Å². The van der Waals surface area contributed by atoms with Crippen LogP contribution in [0, 0.1) is 6.92 Å². The van der Waals surface area contributed by atoms with E-state index in [1.54, 1.807) is 0 Å². The minimum atomic E-state index is -0.0105. The minimum Gasteiger partial charge on any atom is -0.324 e. The summed E-state index contributed by atoms with van der Waals surface area (Å²) in [5, 5.41) is 4.55. The van der Waals surface area contributed by atoms with Crippen molar-refractivity contribution < 1.29 is 0 Å². The second kappa shape index (κ2) is 5.88. The van der Waals surface area contributed by atoms with Gasteiger partial charge in [0.2, 0.25) is 0 Å². The molecule has 4 heteroatoms. The van der Waals surface area contributed by atoms with Gasteiger partial charge >= 0.3 is 0 Å². The molecule has 0 saturated heterocycles. The van der Waals surface area contributed by atoms with Gasteiger partial charge in [-0.1, -0.05) is 22.0 Å². The van der Waals surface area contributed by atoms with Crippen LogP contribution in [0.5, 0.6) is 0 Å². The second-order valence-electron chi connectivity index (χ2n) is 5.19. The number of nitrogens with zero attached hydrogens (tertiary/aromatic N) is 2. The van der Waals surface area contributed by atoms with Gasteiger partial charge in [0, 0.05) is 29.2 Å². The van der Waals surface area contributed by atoms with E-state index < -0.39 is 0 Å². The molecule has 19 heavy (non-hydrogen) atoms. The average molecular weight is 322 g/mol. The first-order chi connectivity index (χ1) is 8.97. The Morgan fingerprint density at radius 3 is 2.63 bits per heavy atom. The quantitative estimate of drug-likeness (QED) is 0.931. The highest BCUT2D eigenvalue weighted by atomic mass is 79.9. The van der Waals surface area contributed by atoms with Crippen molar-refractivity contribution in [3.05, 3.63) is 51.8 Å². The molecule has 0 amide bonds. The average Bonchev–Trinajstić information content (AvgIpc) is 2.77. The van der Waals surface area contributed by atoms with Crippen LogP contribution in [0.15, 0.2) is 34.9 Å². The highest BCUT2D eigenvalue weighted by molar-refractivity contribution is 9.10. The lowest BCUT2D eigenvalue weighted by atomic mass is 9.98. The van der Waals surface area contributed by atoms with Gasteiger partial charge in [-0.25, -0.2) is 0 Å². The largest absolute Gasteiger partial charge is 0.324 e. The summed E-state index contributed by atoms with van der Waals surface area (Å²) in [7, 11) is 0. The Morgan fingerprint density at radius 2 is 2.05 bits per heavy atom. The summed E-state index contributed by atoms with van der Waals surface area (Å²) in [4.78, 5) is 0. The molecular formula is C15H20BrN3. The van der Waals surface area contributed by atoms with Gasteiger partial charge in [0.1, 0.15) is 0 Å². The Morgan fingerprint density at radius 1 is 1.32 bits per heavy atom. The van der Waals surface area contributed by atoms with Crippen LogP contribution < -0.4 is 5.73 Å². The minimum absolute atomic E-state index is 0.0105. The van der Waals surface area contributed by atoms with Crippen molar-refractivity contribution >= 4 is 15.9 Å². The summed E-state index contributed by atoms with van der Waals surface area (Å²) in [6, 6.07) is 8.65. The van der Waals surface area contributed by atoms with Crippen LogP contribution in [-0.2, 0) is 6.42 Å². The Balaban J connectivity index is 2.13. The van der Waals surface area contributed by atoms with E-state index in [4.69, 9.17) is 5.73 Å². The van der Waals surface area contributed by atoms with Crippen molar-refractivity contribution in [2.45, 2.75) is 39.3 Å². The molecule has 0 spiro atoms. The Kier molecular flexibility index (Phi) is 4.42. The van der Waals surface area contributed by atoms with E-state index in [-0.39, 0.29) is 6.04 Å². The third-order valence-electron chi connectivity index (χ3n) is 3.25. The van der Waals surface area contributed by atoms with Gasteiger partial charge in [-0.2, -0.15) is 5.10 Å². The van der Waals surface area contributed by atoms with E-state index in [0.29, 0.717) is 6.04 Å². The van der Waals surface area contributed by atoms with Gasteiger partial charge in [0.25, 0.3) is 0 Å². The van der Waals surface area contributed by atoms with E-state index in [1.165, 1.54) is 11.1 Å². The van der Waals surface area contributed by atoms with Crippen LogP contribution in [-0.4, -0.2) is 9.78 Å². The molecule has 2 rings (SSSR count). The topological polar surface area (TPSA) is 43.8 Å². The number of aryl methyl sites for hydroxylation is 1. The SMILES string of the molecule is Cc1cc(Br)ccc1C(N)Cc1ccn(C(C)C)n1. The van der Waals surface area contributed by atoms with Crippen molar-refractivity contribution in [1.29, 1.82) is 0 Å². The van der Waals surface area contributed by atoms with Gasteiger partial charge < -0.3 is 5.73 Å². The molecule has 102 valence electrons. The van der Waals surface area contributed by atoms with E-state index in [2.05, 4.69) is 53.9 Å². The van der Waals surface area contributed by atoms with Crippen LogP contribution in [0.4, 0.5) is 0 Å². The number of rotatable bonds is 4. The van der Waals surface area contributed by atoms with Crippen LogP contribution in [0.3, 0.4) is 0 Å². The maximum atomic E-state index is 6.30. The normalized spacial score (nSPS) is 12.9. The lowest BCUT2D eigenvalue weighted by Gasteiger charge is -2.14. The molecule has 0 radical (unpaired) electrons. The van der Waals surface area contributed by atoms with Gasteiger partial charge in [0.15, 0.2) is 0 Å². The van der Waals surface area contributed by atoms with Crippen molar-refractivity contribution in [2.75, 3.05) is 0 Å². The molecule has 1 atom stereocenters. The zero-order valence-electron chi connectivity index (χ0n) is 11.6. The summed E-state index contributed by atoms with van der Waals surface area (Å²) in [6.07, 6.45) is 2.78. The Hall–Kier alpha value is -1.13. The van der Waals surface area contributed by atoms with Gasteiger partial charge in [-0.15, -0.1) is 0 Å². The Labute approximate surface area is 122 Å². The zero-order valence-corrected chi connectivity index (χ0v) is 13.2. The van der Waals surface area contributed by atoms with Gasteiger partial charge in [-0.3, -0.25) is 4.68 Å². The van der Waals surface area contributed by atoms with E-state index in [9.17, 15) is 0 Å². The van der Waals surface area contributed by atoms with E-state index in [0.717, 1.165) is 16.6 Å². The van der Waals surface area contributed by atoms with Gasteiger partial charge in [0.05, 0.1) is 5.69 Å². The maximum absolute atomic E-state index is 6.30. The molecule has 2 N–H and O–H groups in total. The van der Waals surface area contributed by atoms with E-state index in [1.807, 2.05) is 23.0 Å². The molecule has 1 heterocycles. The number of benzene rings is 1. The summed E-state index contributed by atoms with van der Waals surface area (Å²) in [5.74, 6) is 0. The second-order valence-corrected chi connectivity index (χ2v) is 6.11. The predicted octanol–water partition coefficient (Wildman–Crippen LogP) is 3.78. The first-order valence-electron chi connectivity index (χ1n) is 6.53. The van der Waals surface area contributed by atoms with Crippen molar-refractivity contribution in [2.24, 2.45) is 5.73 Å². The number of nitrogens with two attached hydrogens (primary N) is 1. The molecule has 0 aliphatic rings. The molecule has 0 aliphatic carbocycles. The molecule has 2 aromatic rings. The van der Waals surface area contributed by atoms with Gasteiger partial charge in [-0.05, 0) is 50.1 Å². The molecule has 0 bridgehead atoms. The molecule has 0 saturated carbocycles. The summed E-state index contributed by atoms with van der Waals surface area (Å²) < 4.78 is 3.06. The predicted molar refractivity (Wildman–Crippen MR) is 82.1 cm³/mol. The number of hydrogen-bond donors (Lipinski definition) is 1. The fraction of sp³-hybridized carbons (Fsp3) is 0.400. The highest BCUT2D eigenvalue weighted by Crippen LogP contribution is 2.22. The first kappa shape index (κ1) is 14.3. The highest BCUT2D eigenvalue weighted by Gasteiger charge is 2.12. The smallest absolute Gasteiger partial charge is 0.0643 e. The molecule has 1 unspecified atom stereocenters. The molecule has 0 fully saturated rings. The number of halogens is 1. The first-order valence-corrected chi connectivity index (χ1v) is 7.32. The lowest BCUT2D eigenvalue weighted by molar-refractivity contribution is 0.522. The molecule has 0 aliphatic heterocycles. The standard InChI is InChI=1S/C15H20BrN3/c1-10(2)19-7-6-13(18-19)9-15(17)14-5-4-12(16)8-11(14)3/h4-8,10,15H,9,17H2,1-3H3. The molecule has 1 aromatic carbocycles. The number of aromatic nitrogens is 2. The van der Waals surface area contributed by atoms with Crippen LogP contribution in [0.2, 0.25) is 0 Å². The monoisotopic (exact) mass is 321 g/mol. The zero-order chi connectivity index (χ0) is 14.0. The summed E-state index contributed by atoms with van der Waals surface area (Å²) in [5.41, 5.74) is 9.74. The van der Waals surface area contributed by atoms with Crippen molar-refractivity contribution in [1.82, 2.24) is 9.78 Å². The lowest BCUT2D eigenvalue weighted by Crippen LogP contribution is -2.15. The van der Waals surface area contributed by atoms with Crippen LogP contribution in [0.25, 0.3) is 0 Å². The third kappa shape index (κ3) is 3.45. The summed E-state index contributed by atoms with van der Waals surface area (Å²) >= 11 is 3.47. The molecule has 1 aromatic heterocycles. The van der Waals surface area contributed by atoms with Crippen LogP contribution >= 0.6 is 15.9 Å². The summed E-state index contributed by atoms with van der Waals surface area (Å²) in [6.45, 7) is 6.33. The molecular weight excluding hydrogens is 302 g/mol. The fourth-order valence-corrected chi connectivity index (χ4v) is 2.64. The Bertz CT molecular complexity index is 560. The molecule has 3 nitrogen and oxygen atoms in total.